The molecule has 1 aromatic heterocycles. The average molecular weight is 854 g/mol. The van der Waals surface area contributed by atoms with Crippen LogP contribution < -0.4 is 5.32 Å². The third-order valence-electron chi connectivity index (χ3n) is 20.0. The van der Waals surface area contributed by atoms with Crippen LogP contribution in [-0.2, 0) is 25.5 Å². The van der Waals surface area contributed by atoms with E-state index in [1.165, 1.54) is 5.57 Å². The second kappa shape index (κ2) is 15.1. The number of H-pyrrole nitrogens is 1. The molecule has 2 aliphatic heterocycles. The molecule has 9 rings (SSSR count). The fraction of sp³-hybridized carbons (Fsp3) is 0.851. The van der Waals surface area contributed by atoms with Gasteiger partial charge in [0.05, 0.1) is 37.2 Å². The molecule has 2 bridgehead atoms. The molecule has 20 atom stereocenters. The molecule has 5 saturated carbocycles. The fourth-order valence-corrected chi connectivity index (χ4v) is 16.8. The topological polar surface area (TPSA) is 235 Å². The summed E-state index contributed by atoms with van der Waals surface area (Å²) >= 11 is 0. The molecule has 0 spiro atoms. The summed E-state index contributed by atoms with van der Waals surface area (Å²) in [6.45, 7) is 10.7. The van der Waals surface area contributed by atoms with Crippen molar-refractivity contribution in [3.05, 3.63) is 29.9 Å². The third-order valence-corrected chi connectivity index (χ3v) is 20.0. The Balaban J connectivity index is 1.17. The lowest BCUT2D eigenvalue weighted by Crippen LogP contribution is -2.73. The molecule has 9 N–H and O–H groups in total. The number of nitrogens with one attached hydrogen (secondary N) is 2. The number of aromatic amines is 1. The lowest BCUT2D eigenvalue weighted by molar-refractivity contribution is -0.341. The molecule has 3 heterocycles. The first-order chi connectivity index (χ1) is 28.8. The summed E-state index contributed by atoms with van der Waals surface area (Å²) in [5.41, 5.74) is -1.48. The van der Waals surface area contributed by atoms with Crippen LogP contribution in [0.15, 0.2) is 24.2 Å². The second-order valence-electron chi connectivity index (χ2n) is 22.6. The minimum Gasteiger partial charge on any atom is -0.481 e. The Morgan fingerprint density at radius 3 is 2.39 bits per heavy atom. The summed E-state index contributed by atoms with van der Waals surface area (Å²) in [5.74, 6) is -1.64. The van der Waals surface area contributed by atoms with Gasteiger partial charge in [0.1, 0.15) is 18.3 Å². The smallest absolute Gasteiger partial charge is 0.310 e. The molecule has 340 valence electrons. The maximum atomic E-state index is 13.8. The minimum absolute atomic E-state index is 0.00669. The van der Waals surface area contributed by atoms with E-state index >= 15 is 0 Å². The van der Waals surface area contributed by atoms with E-state index in [1.807, 2.05) is 6.92 Å². The summed E-state index contributed by atoms with van der Waals surface area (Å²) in [7, 11) is 0. The SMILES string of the molecule is CC1(CO)CC2CCCC3CC2(C(=O)O)C(C1)C1=CCC2C4(C)C(CC5CC(=O)NC5Cc5cnc[nH]5)C(O)C(OC5OCC(O)C(O)C5O)C(C)(CO)C4CCC2(C)C13C. The number of ether oxygens (including phenoxy) is 2. The molecule has 0 aromatic carbocycles. The quantitative estimate of drug-likeness (QED) is 0.129. The van der Waals surface area contributed by atoms with Crippen molar-refractivity contribution in [1.29, 1.82) is 0 Å². The van der Waals surface area contributed by atoms with Crippen molar-refractivity contribution in [2.24, 2.45) is 73.9 Å². The number of hydrogen-bond donors (Lipinski definition) is 9. The van der Waals surface area contributed by atoms with Gasteiger partial charge in [-0.3, -0.25) is 9.59 Å². The minimum atomic E-state index is -1.59. The van der Waals surface area contributed by atoms with Gasteiger partial charge in [-0.25, -0.2) is 4.98 Å². The lowest BCUT2D eigenvalue weighted by atomic mass is 9.30. The number of aliphatic hydroxyl groups excluding tert-OH is 6. The number of aliphatic hydroxyl groups is 6. The summed E-state index contributed by atoms with van der Waals surface area (Å²) in [6.07, 6.45) is 5.92. The first kappa shape index (κ1) is 43.8. The van der Waals surface area contributed by atoms with Gasteiger partial charge in [-0.1, -0.05) is 52.7 Å². The van der Waals surface area contributed by atoms with Crippen LogP contribution in [0, 0.1) is 73.9 Å². The van der Waals surface area contributed by atoms with Crippen LogP contribution in [0.3, 0.4) is 0 Å². The van der Waals surface area contributed by atoms with E-state index < -0.39 is 64.9 Å². The number of carbonyl (C=O) groups is 2. The number of aliphatic carboxylic acids is 1. The number of aromatic nitrogens is 2. The Kier molecular flexibility index (Phi) is 10.8. The highest BCUT2D eigenvalue weighted by Gasteiger charge is 2.76. The molecule has 6 aliphatic carbocycles. The van der Waals surface area contributed by atoms with Crippen molar-refractivity contribution in [2.45, 2.75) is 155 Å². The first-order valence-corrected chi connectivity index (χ1v) is 23.2. The van der Waals surface area contributed by atoms with Crippen molar-refractivity contribution < 1.29 is 54.8 Å². The average Bonchev–Trinajstić information content (AvgIpc) is 3.81. The number of carboxylic acid groups (broad SMARTS) is 1. The molecule has 20 unspecified atom stereocenters. The van der Waals surface area contributed by atoms with Gasteiger partial charge >= 0.3 is 5.97 Å². The monoisotopic (exact) mass is 854 g/mol. The Hall–Kier alpha value is -2.43. The Morgan fingerprint density at radius 2 is 1.70 bits per heavy atom. The molecule has 1 aromatic rings. The number of carboxylic acids is 1. The number of fused-ring (bicyclic) bond motifs is 8. The van der Waals surface area contributed by atoms with Gasteiger partial charge in [0.25, 0.3) is 0 Å². The predicted molar refractivity (Wildman–Crippen MR) is 221 cm³/mol. The van der Waals surface area contributed by atoms with Gasteiger partial charge < -0.3 is 55.5 Å². The van der Waals surface area contributed by atoms with Crippen molar-refractivity contribution >= 4 is 11.9 Å². The van der Waals surface area contributed by atoms with Crippen molar-refractivity contribution in [3.8, 4) is 0 Å². The lowest BCUT2D eigenvalue weighted by Gasteiger charge is -2.74. The van der Waals surface area contributed by atoms with E-state index in [4.69, 9.17) is 9.47 Å². The van der Waals surface area contributed by atoms with Gasteiger partial charge in [-0.2, -0.15) is 0 Å². The number of carbonyl (C=O) groups excluding carboxylic acids is 1. The van der Waals surface area contributed by atoms with Gasteiger partial charge in [-0.05, 0) is 121 Å². The van der Waals surface area contributed by atoms with Gasteiger partial charge in [-0.15, -0.1) is 0 Å². The summed E-state index contributed by atoms with van der Waals surface area (Å²) < 4.78 is 12.4. The van der Waals surface area contributed by atoms with Gasteiger partial charge in [0, 0.05) is 42.8 Å². The number of rotatable bonds is 9. The molecule has 1 amide bonds. The molecular weight excluding hydrogens is 783 g/mol. The van der Waals surface area contributed by atoms with Gasteiger partial charge in [0.15, 0.2) is 6.29 Å². The zero-order chi connectivity index (χ0) is 43.7. The summed E-state index contributed by atoms with van der Waals surface area (Å²) in [5, 5.41) is 82.2. The number of amides is 1. The van der Waals surface area contributed by atoms with Crippen LogP contribution in [0.5, 0.6) is 0 Å². The van der Waals surface area contributed by atoms with E-state index in [9.17, 15) is 45.3 Å². The molecular formula is C47H71N3O11. The van der Waals surface area contributed by atoms with Crippen molar-refractivity contribution in [3.63, 3.8) is 0 Å². The number of allylic oxidation sites excluding steroid dienone is 2. The normalized spacial score (nSPS) is 52.8. The molecule has 14 nitrogen and oxygen atoms in total. The highest BCUT2D eigenvalue weighted by atomic mass is 16.7. The van der Waals surface area contributed by atoms with Crippen LogP contribution in [0.4, 0.5) is 0 Å². The second-order valence-corrected chi connectivity index (χ2v) is 22.6. The van der Waals surface area contributed by atoms with Crippen LogP contribution in [0.25, 0.3) is 0 Å². The Morgan fingerprint density at radius 1 is 0.951 bits per heavy atom. The van der Waals surface area contributed by atoms with Gasteiger partial charge in [0.2, 0.25) is 5.91 Å². The van der Waals surface area contributed by atoms with E-state index in [0.29, 0.717) is 44.9 Å². The highest BCUT2D eigenvalue weighted by Crippen LogP contribution is 2.79. The molecule has 7 fully saturated rings. The highest BCUT2D eigenvalue weighted by molar-refractivity contribution is 5.79. The Bertz CT molecular complexity index is 1880. The summed E-state index contributed by atoms with van der Waals surface area (Å²) in [6, 6.07) is -0.216. The van der Waals surface area contributed by atoms with E-state index in [0.717, 1.165) is 31.4 Å². The van der Waals surface area contributed by atoms with Crippen LogP contribution in [0.1, 0.15) is 111 Å². The zero-order valence-corrected chi connectivity index (χ0v) is 36.6. The van der Waals surface area contributed by atoms with Crippen LogP contribution >= 0.6 is 0 Å². The molecule has 0 radical (unpaired) electrons. The maximum absolute atomic E-state index is 13.8. The molecule has 14 heteroatoms. The largest absolute Gasteiger partial charge is 0.481 e. The standard InChI is InChI=1S/C47H71N3O11/c1-42(21-51)16-26-8-6-7-25-17-47(26,41(58)59)30(18-42)28-9-10-34-44(3,46(25,28)5)12-11-33-43(2,22-52)39(61-40-38(57)37(56)32(53)20-60-40)36(55)29(45(33,34)4)13-24-14-35(54)50-31(24)15-27-19-48-23-49-27/h9,19,23-26,29-34,36-40,51-53,55-57H,6-8,10-18,20-22H2,1-5H3,(H,48,49)(H,50,54)(H,58,59). The molecule has 8 aliphatic rings. The number of hydrogen-bond acceptors (Lipinski definition) is 11. The van der Waals surface area contributed by atoms with Crippen LogP contribution in [-0.4, -0.2) is 120 Å². The van der Waals surface area contributed by atoms with Crippen LogP contribution in [0.2, 0.25) is 0 Å². The zero-order valence-electron chi connectivity index (χ0n) is 36.6. The van der Waals surface area contributed by atoms with Crippen molar-refractivity contribution in [2.75, 3.05) is 19.8 Å². The van der Waals surface area contributed by atoms with E-state index in [2.05, 4.69) is 49.1 Å². The van der Waals surface area contributed by atoms with Crippen molar-refractivity contribution in [1.82, 2.24) is 15.3 Å². The van der Waals surface area contributed by atoms with E-state index in [-0.39, 0.29) is 89.9 Å². The Labute approximate surface area is 359 Å². The summed E-state index contributed by atoms with van der Waals surface area (Å²) in [4.78, 5) is 34.5. The number of nitrogens with zero attached hydrogens (tertiary/aromatic N) is 1. The first-order valence-electron chi connectivity index (χ1n) is 23.2. The predicted octanol–water partition coefficient (Wildman–Crippen LogP) is 3.34. The number of imidazole rings is 1. The molecule has 61 heavy (non-hydrogen) atoms. The van der Waals surface area contributed by atoms with E-state index in [1.54, 1.807) is 12.5 Å². The third kappa shape index (κ3) is 6.11. The fourth-order valence-electron chi connectivity index (χ4n) is 16.8. The maximum Gasteiger partial charge on any atom is 0.310 e. The molecule has 2 saturated heterocycles.